The summed E-state index contributed by atoms with van der Waals surface area (Å²) in [5.41, 5.74) is 3.04. The predicted molar refractivity (Wildman–Crippen MR) is 139 cm³/mol. The topological polar surface area (TPSA) is 102 Å². The van der Waals surface area contributed by atoms with E-state index in [2.05, 4.69) is 21.8 Å². The number of hydrogen-bond acceptors (Lipinski definition) is 8. The monoisotopic (exact) mass is 493 g/mol. The number of carbonyl (C=O) groups excluding carboxylic acids is 1. The minimum atomic E-state index is -0.442. The van der Waals surface area contributed by atoms with Gasteiger partial charge in [-0.2, -0.15) is 0 Å². The summed E-state index contributed by atoms with van der Waals surface area (Å²) in [6.45, 7) is 10.5. The number of methoxy groups -OCH3 is 2. The van der Waals surface area contributed by atoms with Gasteiger partial charge in [0.15, 0.2) is 11.5 Å². The molecule has 4 rings (SSSR count). The standard InChI is InChI=1S/C27H31N3O6/c1-17-5-6-19(27(32)34-4)14-22(17)28-18(2)21-13-20-15-25(24(33-3)16-23(20)29-26(21)31)36-12-9-30-7-10-35-11-8-30/h5-6,13-16,28H,2,7-12H2,1,3-4H3,(H,29,31). The van der Waals surface area contributed by atoms with Gasteiger partial charge in [0, 0.05) is 42.5 Å². The second-order valence-corrected chi connectivity index (χ2v) is 8.53. The van der Waals surface area contributed by atoms with Gasteiger partial charge in [0.2, 0.25) is 0 Å². The van der Waals surface area contributed by atoms with E-state index in [1.54, 1.807) is 37.4 Å². The highest BCUT2D eigenvalue weighted by molar-refractivity contribution is 5.92. The SMILES string of the molecule is C=C(Nc1cc(C(=O)OC)ccc1C)c1cc2cc(OCCN3CCOCC3)c(OC)cc2[nH]c1=O. The van der Waals surface area contributed by atoms with Crippen molar-refractivity contribution in [2.75, 3.05) is 59.0 Å². The molecule has 2 aromatic carbocycles. The Morgan fingerprint density at radius 3 is 2.64 bits per heavy atom. The van der Waals surface area contributed by atoms with Crippen LogP contribution in [0.15, 0.2) is 47.8 Å². The lowest BCUT2D eigenvalue weighted by Crippen LogP contribution is -2.38. The molecule has 2 heterocycles. The van der Waals surface area contributed by atoms with Crippen LogP contribution in [0.4, 0.5) is 5.69 Å². The van der Waals surface area contributed by atoms with E-state index in [4.69, 9.17) is 18.9 Å². The first-order valence-electron chi connectivity index (χ1n) is 11.7. The smallest absolute Gasteiger partial charge is 0.337 e. The quantitative estimate of drug-likeness (QED) is 0.437. The van der Waals surface area contributed by atoms with E-state index in [9.17, 15) is 9.59 Å². The summed E-state index contributed by atoms with van der Waals surface area (Å²) in [5, 5.41) is 3.94. The maximum atomic E-state index is 12.9. The van der Waals surface area contributed by atoms with Crippen molar-refractivity contribution in [1.82, 2.24) is 9.88 Å². The van der Waals surface area contributed by atoms with Crippen LogP contribution in [0, 0.1) is 6.92 Å². The van der Waals surface area contributed by atoms with Gasteiger partial charge in [0.05, 0.1) is 44.1 Å². The van der Waals surface area contributed by atoms with Crippen LogP contribution in [0.5, 0.6) is 11.5 Å². The van der Waals surface area contributed by atoms with Gasteiger partial charge in [-0.05, 0) is 36.8 Å². The molecule has 0 unspecified atom stereocenters. The van der Waals surface area contributed by atoms with Crippen molar-refractivity contribution in [2.24, 2.45) is 0 Å². The zero-order chi connectivity index (χ0) is 25.7. The van der Waals surface area contributed by atoms with Gasteiger partial charge in [-0.25, -0.2) is 4.79 Å². The third-order valence-electron chi connectivity index (χ3n) is 6.17. The number of carbonyl (C=O) groups is 1. The lowest BCUT2D eigenvalue weighted by molar-refractivity contribution is 0.0321. The Kier molecular flexibility index (Phi) is 7.92. The highest BCUT2D eigenvalue weighted by Gasteiger charge is 2.15. The number of nitrogens with one attached hydrogen (secondary N) is 2. The molecule has 3 aromatic rings. The van der Waals surface area contributed by atoms with Gasteiger partial charge in [0.25, 0.3) is 5.56 Å². The number of benzene rings is 2. The number of fused-ring (bicyclic) bond motifs is 1. The molecule has 9 nitrogen and oxygen atoms in total. The van der Waals surface area contributed by atoms with Gasteiger partial charge >= 0.3 is 5.97 Å². The molecular weight excluding hydrogens is 462 g/mol. The van der Waals surface area contributed by atoms with Gasteiger partial charge in [0.1, 0.15) is 6.61 Å². The van der Waals surface area contributed by atoms with Crippen molar-refractivity contribution < 1.29 is 23.7 Å². The number of aromatic nitrogens is 1. The second kappa shape index (κ2) is 11.3. The largest absolute Gasteiger partial charge is 0.493 e. The van der Waals surface area contributed by atoms with Crippen LogP contribution < -0.4 is 20.3 Å². The molecule has 1 aliphatic heterocycles. The van der Waals surface area contributed by atoms with Gasteiger partial charge < -0.3 is 29.2 Å². The molecule has 0 amide bonds. The number of anilines is 1. The second-order valence-electron chi connectivity index (χ2n) is 8.53. The van der Waals surface area contributed by atoms with Crippen LogP contribution in [0.1, 0.15) is 21.5 Å². The van der Waals surface area contributed by atoms with Crippen LogP contribution in [-0.2, 0) is 9.47 Å². The Balaban J connectivity index is 1.57. The average molecular weight is 494 g/mol. The molecular formula is C27H31N3O6. The minimum Gasteiger partial charge on any atom is -0.493 e. The zero-order valence-corrected chi connectivity index (χ0v) is 20.8. The number of esters is 1. The van der Waals surface area contributed by atoms with E-state index in [0.29, 0.717) is 46.1 Å². The summed E-state index contributed by atoms with van der Waals surface area (Å²) in [4.78, 5) is 30.0. The minimum absolute atomic E-state index is 0.301. The molecule has 0 atom stereocenters. The van der Waals surface area contributed by atoms with E-state index in [0.717, 1.165) is 43.8 Å². The molecule has 0 saturated carbocycles. The average Bonchev–Trinajstić information content (AvgIpc) is 2.89. The summed E-state index contributed by atoms with van der Waals surface area (Å²) in [5.74, 6) is 0.693. The molecule has 0 aliphatic carbocycles. The number of aryl methyl sites for hydroxylation is 1. The van der Waals surface area contributed by atoms with Crippen molar-refractivity contribution in [3.8, 4) is 11.5 Å². The molecule has 1 aliphatic rings. The first-order chi connectivity index (χ1) is 17.4. The van der Waals surface area contributed by atoms with Gasteiger partial charge in [-0.3, -0.25) is 9.69 Å². The van der Waals surface area contributed by atoms with E-state index >= 15 is 0 Å². The normalized spacial score (nSPS) is 13.9. The Morgan fingerprint density at radius 1 is 1.14 bits per heavy atom. The molecule has 190 valence electrons. The first kappa shape index (κ1) is 25.3. The molecule has 1 saturated heterocycles. The van der Waals surface area contributed by atoms with Crippen molar-refractivity contribution in [1.29, 1.82) is 0 Å². The summed E-state index contributed by atoms with van der Waals surface area (Å²) in [7, 11) is 2.90. The van der Waals surface area contributed by atoms with E-state index in [1.807, 2.05) is 13.0 Å². The highest BCUT2D eigenvalue weighted by atomic mass is 16.5. The van der Waals surface area contributed by atoms with Gasteiger partial charge in [-0.1, -0.05) is 12.6 Å². The number of hydrogen-bond donors (Lipinski definition) is 2. The lowest BCUT2D eigenvalue weighted by atomic mass is 10.1. The number of H-pyrrole nitrogens is 1. The summed E-state index contributed by atoms with van der Waals surface area (Å²) in [6, 6.07) is 10.5. The van der Waals surface area contributed by atoms with Crippen LogP contribution >= 0.6 is 0 Å². The van der Waals surface area contributed by atoms with Crippen molar-refractivity contribution in [3.05, 3.63) is 70.0 Å². The number of pyridine rings is 1. The van der Waals surface area contributed by atoms with Crippen molar-refractivity contribution in [2.45, 2.75) is 6.92 Å². The summed E-state index contributed by atoms with van der Waals surface area (Å²) in [6.07, 6.45) is 0. The number of nitrogens with zero attached hydrogens (tertiary/aromatic N) is 1. The Hall–Kier alpha value is -3.82. The first-order valence-corrected chi connectivity index (χ1v) is 11.7. The number of morpholine rings is 1. The molecule has 0 bridgehead atoms. The summed E-state index contributed by atoms with van der Waals surface area (Å²) < 4.78 is 21.7. The van der Waals surface area contributed by atoms with E-state index < -0.39 is 5.97 Å². The maximum Gasteiger partial charge on any atom is 0.337 e. The van der Waals surface area contributed by atoms with E-state index in [-0.39, 0.29) is 5.56 Å². The molecule has 1 fully saturated rings. The molecule has 0 radical (unpaired) electrons. The van der Waals surface area contributed by atoms with Crippen LogP contribution in [0.25, 0.3) is 16.6 Å². The fraction of sp³-hybridized carbons (Fsp3) is 0.333. The Labute approximate surface area is 209 Å². The van der Waals surface area contributed by atoms with Crippen LogP contribution in [0.3, 0.4) is 0 Å². The molecule has 2 N–H and O–H groups in total. The fourth-order valence-electron chi connectivity index (χ4n) is 4.05. The lowest BCUT2D eigenvalue weighted by Gasteiger charge is -2.26. The Morgan fingerprint density at radius 2 is 1.92 bits per heavy atom. The maximum absolute atomic E-state index is 12.9. The molecule has 0 spiro atoms. The number of ether oxygens (including phenoxy) is 4. The third-order valence-corrected chi connectivity index (χ3v) is 6.17. The fourth-order valence-corrected chi connectivity index (χ4v) is 4.05. The molecule has 36 heavy (non-hydrogen) atoms. The number of aromatic amines is 1. The van der Waals surface area contributed by atoms with Crippen molar-refractivity contribution >= 4 is 28.3 Å². The molecule has 9 heteroatoms. The Bertz CT molecular complexity index is 1330. The summed E-state index contributed by atoms with van der Waals surface area (Å²) >= 11 is 0. The van der Waals surface area contributed by atoms with Crippen LogP contribution in [-0.4, -0.2) is 69.5 Å². The van der Waals surface area contributed by atoms with E-state index in [1.165, 1.54) is 7.11 Å². The van der Waals surface area contributed by atoms with Gasteiger partial charge in [-0.15, -0.1) is 0 Å². The highest BCUT2D eigenvalue weighted by Crippen LogP contribution is 2.32. The molecule has 1 aromatic heterocycles. The third kappa shape index (κ3) is 5.69. The number of rotatable bonds is 9. The predicted octanol–water partition coefficient (Wildman–Crippen LogP) is 3.43. The van der Waals surface area contributed by atoms with Crippen LogP contribution in [0.2, 0.25) is 0 Å². The van der Waals surface area contributed by atoms with Crippen molar-refractivity contribution in [3.63, 3.8) is 0 Å². The zero-order valence-electron chi connectivity index (χ0n) is 20.8.